The normalized spacial score (nSPS) is 16.3. The quantitative estimate of drug-likeness (QED) is 0.703. The van der Waals surface area contributed by atoms with Gasteiger partial charge < -0.3 is 15.1 Å². The van der Waals surface area contributed by atoms with E-state index in [0.29, 0.717) is 32.2 Å². The van der Waals surface area contributed by atoms with Crippen LogP contribution in [0.15, 0.2) is 42.5 Å². The highest BCUT2D eigenvalue weighted by Gasteiger charge is 2.29. The van der Waals surface area contributed by atoms with E-state index in [2.05, 4.69) is 10.2 Å². The number of rotatable bonds is 4. The molecule has 156 valence electrons. The number of aromatic nitrogens is 2. The summed E-state index contributed by atoms with van der Waals surface area (Å²) in [7, 11) is 0. The second-order valence-corrected chi connectivity index (χ2v) is 7.89. The fraction of sp³-hybridized carbons (Fsp3) is 0.304. The number of benzene rings is 2. The molecule has 1 N–H and O–H groups in total. The number of hydrogen-bond acceptors (Lipinski definition) is 6. The molecule has 0 bridgehead atoms. The van der Waals surface area contributed by atoms with Crippen molar-refractivity contribution in [1.82, 2.24) is 14.9 Å². The van der Waals surface area contributed by atoms with Crippen molar-refractivity contribution in [2.24, 2.45) is 0 Å². The van der Waals surface area contributed by atoms with Gasteiger partial charge in [0.25, 0.3) is 5.91 Å². The van der Waals surface area contributed by atoms with Crippen molar-refractivity contribution in [1.29, 1.82) is 5.26 Å². The maximum Gasteiger partial charge on any atom is 0.256 e. The Morgan fingerprint density at radius 3 is 2.42 bits per heavy atom. The van der Waals surface area contributed by atoms with E-state index in [1.807, 2.05) is 30.3 Å². The van der Waals surface area contributed by atoms with Crippen molar-refractivity contribution in [3.8, 4) is 6.07 Å². The summed E-state index contributed by atoms with van der Waals surface area (Å²) >= 11 is 0. The zero-order chi connectivity index (χ0) is 21.4. The molecule has 1 saturated carbocycles. The van der Waals surface area contributed by atoms with Crippen LogP contribution < -0.4 is 10.2 Å². The molecule has 1 aliphatic carbocycles. The first-order chi connectivity index (χ1) is 15.1. The largest absolute Gasteiger partial charge is 0.364 e. The molecule has 31 heavy (non-hydrogen) atoms. The molecule has 0 spiro atoms. The summed E-state index contributed by atoms with van der Waals surface area (Å²) in [5.41, 5.74) is 1.87. The zero-order valence-electron chi connectivity index (χ0n) is 16.9. The van der Waals surface area contributed by atoms with Crippen LogP contribution in [0.4, 0.5) is 16.0 Å². The molecule has 1 aromatic heterocycles. The van der Waals surface area contributed by atoms with Gasteiger partial charge in [0, 0.05) is 32.2 Å². The van der Waals surface area contributed by atoms with E-state index in [1.165, 1.54) is 12.1 Å². The number of para-hydroxylation sites is 2. The Hall–Kier alpha value is -3.73. The van der Waals surface area contributed by atoms with Crippen LogP contribution in [-0.4, -0.2) is 53.0 Å². The number of fused-ring (bicyclic) bond motifs is 1. The van der Waals surface area contributed by atoms with Crippen LogP contribution in [0.3, 0.4) is 0 Å². The number of carbonyl (C=O) groups is 1. The molecular weight excluding hydrogens is 395 g/mol. The molecule has 0 atom stereocenters. The Balaban J connectivity index is 1.35. The lowest BCUT2D eigenvalue weighted by Gasteiger charge is -2.36. The zero-order valence-corrected chi connectivity index (χ0v) is 16.9. The summed E-state index contributed by atoms with van der Waals surface area (Å²) in [5, 5.41) is 12.4. The van der Waals surface area contributed by atoms with Crippen molar-refractivity contribution < 1.29 is 9.18 Å². The molecule has 5 rings (SSSR count). The Kier molecular flexibility index (Phi) is 4.86. The molecule has 1 aliphatic heterocycles. The lowest BCUT2D eigenvalue weighted by atomic mass is 10.1. The molecular formula is C23H21FN6O. The van der Waals surface area contributed by atoms with Gasteiger partial charge in [-0.15, -0.1) is 0 Å². The number of hydrogen-bond donors (Lipinski definition) is 1. The van der Waals surface area contributed by atoms with Crippen LogP contribution in [0.25, 0.3) is 11.0 Å². The van der Waals surface area contributed by atoms with Gasteiger partial charge in [-0.2, -0.15) is 5.26 Å². The maximum absolute atomic E-state index is 14.3. The minimum Gasteiger partial charge on any atom is -0.364 e. The predicted octanol–water partition coefficient (Wildman–Crippen LogP) is 3.18. The molecule has 2 aromatic carbocycles. The molecule has 7 nitrogen and oxygen atoms in total. The van der Waals surface area contributed by atoms with Gasteiger partial charge in [0.05, 0.1) is 28.2 Å². The summed E-state index contributed by atoms with van der Waals surface area (Å²) in [6.45, 7) is 2.07. The average Bonchev–Trinajstić information content (AvgIpc) is 3.62. The highest BCUT2D eigenvalue weighted by molar-refractivity contribution is 5.95. The van der Waals surface area contributed by atoms with Gasteiger partial charge in [-0.3, -0.25) is 4.79 Å². The second kappa shape index (κ2) is 7.84. The summed E-state index contributed by atoms with van der Waals surface area (Å²) in [5.74, 6) is 0.548. The van der Waals surface area contributed by atoms with Gasteiger partial charge in [-0.25, -0.2) is 14.4 Å². The Labute approximate surface area is 179 Å². The maximum atomic E-state index is 14.3. The van der Waals surface area contributed by atoms with Crippen LogP contribution in [0.1, 0.15) is 28.8 Å². The minimum absolute atomic E-state index is 0.00552. The Morgan fingerprint density at radius 1 is 1.06 bits per heavy atom. The van der Waals surface area contributed by atoms with Gasteiger partial charge >= 0.3 is 0 Å². The van der Waals surface area contributed by atoms with E-state index in [9.17, 15) is 9.18 Å². The highest BCUT2D eigenvalue weighted by atomic mass is 19.1. The third-order valence-corrected chi connectivity index (χ3v) is 5.67. The van der Waals surface area contributed by atoms with Crippen molar-refractivity contribution in [2.45, 2.75) is 18.9 Å². The molecule has 3 aromatic rings. The van der Waals surface area contributed by atoms with Crippen LogP contribution >= 0.6 is 0 Å². The predicted molar refractivity (Wildman–Crippen MR) is 115 cm³/mol. The standard InChI is InChI=1S/C23H21FN6O/c24-18-13-15(14-25)5-8-17(18)23(31)30-11-9-29(10-12-30)22-21(26-16-6-7-16)27-19-3-1-2-4-20(19)28-22/h1-5,8,13,16H,6-7,9-12H2,(H,26,27). The SMILES string of the molecule is N#Cc1ccc(C(=O)N2CCN(c3nc4ccccc4nc3NC3CC3)CC2)c(F)c1. The lowest BCUT2D eigenvalue weighted by Crippen LogP contribution is -2.49. The van der Waals surface area contributed by atoms with Crippen molar-refractivity contribution in [2.75, 3.05) is 36.4 Å². The number of nitrogens with one attached hydrogen (secondary N) is 1. The van der Waals surface area contributed by atoms with E-state index in [0.717, 1.165) is 41.6 Å². The number of nitrogens with zero attached hydrogens (tertiary/aromatic N) is 5. The summed E-state index contributed by atoms with van der Waals surface area (Å²) < 4.78 is 14.3. The van der Waals surface area contributed by atoms with Crippen LogP contribution in [0.5, 0.6) is 0 Å². The van der Waals surface area contributed by atoms with E-state index in [-0.39, 0.29) is 17.0 Å². The van der Waals surface area contributed by atoms with Gasteiger partial charge in [0.15, 0.2) is 11.6 Å². The lowest BCUT2D eigenvalue weighted by molar-refractivity contribution is 0.0742. The Morgan fingerprint density at radius 2 is 1.77 bits per heavy atom. The van der Waals surface area contributed by atoms with Gasteiger partial charge in [0.1, 0.15) is 5.82 Å². The summed E-state index contributed by atoms with van der Waals surface area (Å²) in [4.78, 5) is 26.2. The van der Waals surface area contributed by atoms with Crippen molar-refractivity contribution in [3.63, 3.8) is 0 Å². The first-order valence-corrected chi connectivity index (χ1v) is 10.4. The number of piperazine rings is 1. The topological polar surface area (TPSA) is 85.2 Å². The number of carbonyl (C=O) groups excluding carboxylic acids is 1. The first kappa shape index (κ1) is 19.2. The molecule has 8 heteroatoms. The van der Waals surface area contributed by atoms with E-state index in [4.69, 9.17) is 15.2 Å². The fourth-order valence-corrected chi connectivity index (χ4v) is 3.78. The number of anilines is 2. The van der Waals surface area contributed by atoms with Crippen LogP contribution in [-0.2, 0) is 0 Å². The number of amides is 1. The molecule has 0 unspecified atom stereocenters. The molecule has 2 heterocycles. The van der Waals surface area contributed by atoms with Crippen molar-refractivity contribution in [3.05, 3.63) is 59.4 Å². The van der Waals surface area contributed by atoms with Gasteiger partial charge in [-0.05, 0) is 43.2 Å². The molecule has 2 fully saturated rings. The van der Waals surface area contributed by atoms with Crippen LogP contribution in [0.2, 0.25) is 0 Å². The fourth-order valence-electron chi connectivity index (χ4n) is 3.78. The van der Waals surface area contributed by atoms with Crippen molar-refractivity contribution >= 4 is 28.6 Å². The number of halogens is 1. The van der Waals surface area contributed by atoms with E-state index < -0.39 is 5.82 Å². The second-order valence-electron chi connectivity index (χ2n) is 7.89. The van der Waals surface area contributed by atoms with Crippen LogP contribution in [0, 0.1) is 17.1 Å². The average molecular weight is 416 g/mol. The Bertz CT molecular complexity index is 1190. The van der Waals surface area contributed by atoms with E-state index >= 15 is 0 Å². The third kappa shape index (κ3) is 3.87. The molecule has 0 radical (unpaired) electrons. The molecule has 1 amide bonds. The number of nitriles is 1. The highest BCUT2D eigenvalue weighted by Crippen LogP contribution is 2.31. The third-order valence-electron chi connectivity index (χ3n) is 5.67. The molecule has 2 aliphatic rings. The summed E-state index contributed by atoms with van der Waals surface area (Å²) in [6, 6.07) is 14.1. The minimum atomic E-state index is -0.664. The smallest absolute Gasteiger partial charge is 0.256 e. The monoisotopic (exact) mass is 416 g/mol. The molecule has 1 saturated heterocycles. The van der Waals surface area contributed by atoms with E-state index in [1.54, 1.807) is 4.90 Å². The van der Waals surface area contributed by atoms with Gasteiger partial charge in [-0.1, -0.05) is 12.1 Å². The summed E-state index contributed by atoms with van der Waals surface area (Å²) in [6.07, 6.45) is 2.26. The first-order valence-electron chi connectivity index (χ1n) is 10.4. The van der Waals surface area contributed by atoms with Gasteiger partial charge in [0.2, 0.25) is 0 Å².